The van der Waals surface area contributed by atoms with Crippen LogP contribution in [0, 0.1) is 0 Å². The summed E-state index contributed by atoms with van der Waals surface area (Å²) in [7, 11) is 0. The van der Waals surface area contributed by atoms with Gasteiger partial charge in [-0.05, 0) is 30.3 Å². The van der Waals surface area contributed by atoms with Crippen molar-refractivity contribution in [3.05, 3.63) is 87.4 Å². The molecule has 3 nitrogen and oxygen atoms in total. The predicted octanol–water partition coefficient (Wildman–Crippen LogP) is 5.98. The second-order valence-electron chi connectivity index (χ2n) is 5.72. The molecule has 0 radical (unpaired) electrons. The number of fused-ring (bicyclic) bond motifs is 2. The third-order valence-electron chi connectivity index (χ3n) is 4.13. The number of benzene rings is 3. The molecule has 1 aliphatic heterocycles. The highest BCUT2D eigenvalue weighted by Gasteiger charge is 2.32. The molecule has 0 saturated heterocycles. The lowest BCUT2D eigenvalue weighted by Crippen LogP contribution is -2.25. The van der Waals surface area contributed by atoms with E-state index in [2.05, 4.69) is 21.2 Å². The van der Waals surface area contributed by atoms with Gasteiger partial charge in [-0.1, -0.05) is 63.9 Å². The molecule has 25 heavy (non-hydrogen) atoms. The van der Waals surface area contributed by atoms with Crippen LogP contribution in [0.2, 0.25) is 5.02 Å². The van der Waals surface area contributed by atoms with Crippen LogP contribution in [0.25, 0.3) is 0 Å². The lowest BCUT2D eigenvalue weighted by molar-refractivity contribution is -0.116. The maximum Gasteiger partial charge on any atom is 0.236 e. The van der Waals surface area contributed by atoms with Crippen LogP contribution >= 0.6 is 27.5 Å². The fraction of sp³-hybridized carbons (Fsp3) is 0.0500. The number of amides is 1. The fourth-order valence-electron chi connectivity index (χ4n) is 2.99. The maximum absolute atomic E-state index is 13.1. The third kappa shape index (κ3) is 3.03. The van der Waals surface area contributed by atoms with E-state index in [1.807, 2.05) is 54.6 Å². The molecule has 0 saturated carbocycles. The first-order chi connectivity index (χ1) is 12.1. The number of anilines is 1. The van der Waals surface area contributed by atoms with Crippen LogP contribution < -0.4 is 10.1 Å². The maximum atomic E-state index is 13.1. The topological polar surface area (TPSA) is 38.3 Å². The zero-order valence-electron chi connectivity index (χ0n) is 13.0. The SMILES string of the molecule is O=C(Nc1ccc(Br)cc1Cl)C1c2ccccc2Oc2ccccc21. The normalized spacial score (nSPS) is 12.7. The minimum absolute atomic E-state index is 0.146. The minimum atomic E-state index is -0.458. The molecule has 1 N–H and O–H groups in total. The quantitative estimate of drug-likeness (QED) is 0.560. The van der Waals surface area contributed by atoms with E-state index in [1.54, 1.807) is 12.1 Å². The van der Waals surface area contributed by atoms with E-state index in [-0.39, 0.29) is 5.91 Å². The van der Waals surface area contributed by atoms with E-state index < -0.39 is 5.92 Å². The highest BCUT2D eigenvalue weighted by Crippen LogP contribution is 2.44. The van der Waals surface area contributed by atoms with Crippen LogP contribution in [0.4, 0.5) is 5.69 Å². The van der Waals surface area contributed by atoms with Crippen molar-refractivity contribution in [2.45, 2.75) is 5.92 Å². The van der Waals surface area contributed by atoms with Crippen molar-refractivity contribution < 1.29 is 9.53 Å². The number of para-hydroxylation sites is 2. The van der Waals surface area contributed by atoms with E-state index >= 15 is 0 Å². The molecule has 1 aliphatic rings. The van der Waals surface area contributed by atoms with Gasteiger partial charge < -0.3 is 10.1 Å². The molecule has 0 aliphatic carbocycles. The number of carbonyl (C=O) groups is 1. The van der Waals surface area contributed by atoms with Gasteiger partial charge in [-0.25, -0.2) is 0 Å². The van der Waals surface area contributed by atoms with Crippen molar-refractivity contribution in [1.29, 1.82) is 0 Å². The molecule has 0 bridgehead atoms. The standard InChI is InChI=1S/C20H13BrClNO2/c21-12-9-10-16(15(22)11-12)23-20(24)19-13-5-1-3-7-17(13)25-18-8-4-2-6-14(18)19/h1-11,19H,(H,23,24). The zero-order valence-corrected chi connectivity index (χ0v) is 15.3. The van der Waals surface area contributed by atoms with Crippen LogP contribution in [0.15, 0.2) is 71.2 Å². The molecule has 1 heterocycles. The highest BCUT2D eigenvalue weighted by atomic mass is 79.9. The molecule has 4 rings (SSSR count). The van der Waals surface area contributed by atoms with E-state index in [9.17, 15) is 4.79 Å². The summed E-state index contributed by atoms with van der Waals surface area (Å²) in [5.74, 6) is 0.791. The fourth-order valence-corrected chi connectivity index (χ4v) is 3.71. The Hall–Kier alpha value is -2.30. The highest BCUT2D eigenvalue weighted by molar-refractivity contribution is 9.10. The van der Waals surface area contributed by atoms with E-state index in [1.165, 1.54) is 0 Å². The Labute approximate surface area is 158 Å². The Kier molecular flexibility index (Phi) is 4.24. The Morgan fingerprint density at radius 3 is 2.16 bits per heavy atom. The summed E-state index contributed by atoms with van der Waals surface area (Å²) in [6, 6.07) is 20.6. The van der Waals surface area contributed by atoms with E-state index in [0.717, 1.165) is 15.6 Å². The van der Waals surface area contributed by atoms with Gasteiger partial charge in [-0.3, -0.25) is 4.79 Å². The third-order valence-corrected chi connectivity index (χ3v) is 4.94. The van der Waals surface area contributed by atoms with Crippen molar-refractivity contribution in [3.8, 4) is 11.5 Å². The van der Waals surface area contributed by atoms with Gasteiger partial charge in [0.15, 0.2) is 0 Å². The Morgan fingerprint density at radius 2 is 1.56 bits per heavy atom. The molecule has 124 valence electrons. The molecular weight excluding hydrogens is 402 g/mol. The first-order valence-electron chi connectivity index (χ1n) is 7.75. The van der Waals surface area contributed by atoms with Gasteiger partial charge in [0.1, 0.15) is 11.5 Å². The number of halogens is 2. The molecule has 0 spiro atoms. The van der Waals surface area contributed by atoms with Gasteiger partial charge >= 0.3 is 0 Å². The van der Waals surface area contributed by atoms with Crippen molar-refractivity contribution in [2.75, 3.05) is 5.32 Å². The molecule has 0 atom stereocenters. The largest absolute Gasteiger partial charge is 0.457 e. The van der Waals surface area contributed by atoms with E-state index in [4.69, 9.17) is 16.3 Å². The summed E-state index contributed by atoms with van der Waals surface area (Å²) in [5.41, 5.74) is 2.26. The Morgan fingerprint density at radius 1 is 0.960 bits per heavy atom. The number of nitrogens with one attached hydrogen (secondary N) is 1. The monoisotopic (exact) mass is 413 g/mol. The summed E-state index contributed by atoms with van der Waals surface area (Å²) >= 11 is 9.61. The van der Waals surface area contributed by atoms with Crippen molar-refractivity contribution >= 4 is 39.1 Å². The first-order valence-corrected chi connectivity index (χ1v) is 8.92. The van der Waals surface area contributed by atoms with Crippen LogP contribution in [0.3, 0.4) is 0 Å². The van der Waals surface area contributed by atoms with Gasteiger partial charge in [-0.2, -0.15) is 0 Å². The molecule has 0 aromatic heterocycles. The van der Waals surface area contributed by atoms with Crippen molar-refractivity contribution in [2.24, 2.45) is 0 Å². The first kappa shape index (κ1) is 16.2. The van der Waals surface area contributed by atoms with Crippen LogP contribution in [0.1, 0.15) is 17.0 Å². The lowest BCUT2D eigenvalue weighted by Gasteiger charge is -2.27. The number of rotatable bonds is 2. The molecule has 1 amide bonds. The summed E-state index contributed by atoms with van der Waals surface area (Å²) in [6.07, 6.45) is 0. The molecule has 0 fully saturated rings. The predicted molar refractivity (Wildman–Crippen MR) is 103 cm³/mol. The summed E-state index contributed by atoms with van der Waals surface area (Å²) in [4.78, 5) is 13.1. The Balaban J connectivity index is 1.75. The average molecular weight is 415 g/mol. The Bertz CT molecular complexity index is 928. The molecule has 3 aromatic carbocycles. The zero-order chi connectivity index (χ0) is 17.4. The summed E-state index contributed by atoms with van der Waals surface area (Å²) < 4.78 is 6.79. The smallest absolute Gasteiger partial charge is 0.236 e. The second-order valence-corrected chi connectivity index (χ2v) is 7.05. The van der Waals surface area contributed by atoms with Gasteiger partial charge in [-0.15, -0.1) is 0 Å². The number of hydrogen-bond acceptors (Lipinski definition) is 2. The van der Waals surface area contributed by atoms with Gasteiger partial charge in [0.05, 0.1) is 16.6 Å². The number of carbonyl (C=O) groups excluding carboxylic acids is 1. The van der Waals surface area contributed by atoms with Gasteiger partial charge in [0, 0.05) is 15.6 Å². The lowest BCUT2D eigenvalue weighted by atomic mass is 9.87. The van der Waals surface area contributed by atoms with Gasteiger partial charge in [0.2, 0.25) is 5.91 Å². The second kappa shape index (κ2) is 6.54. The minimum Gasteiger partial charge on any atom is -0.457 e. The molecular formula is C20H13BrClNO2. The van der Waals surface area contributed by atoms with Crippen molar-refractivity contribution in [1.82, 2.24) is 0 Å². The van der Waals surface area contributed by atoms with Crippen LogP contribution in [0.5, 0.6) is 11.5 Å². The molecule has 5 heteroatoms. The van der Waals surface area contributed by atoms with Crippen LogP contribution in [-0.4, -0.2) is 5.91 Å². The molecule has 0 unspecified atom stereocenters. The van der Waals surface area contributed by atoms with E-state index in [0.29, 0.717) is 22.2 Å². The average Bonchev–Trinajstić information content (AvgIpc) is 2.62. The summed E-state index contributed by atoms with van der Waals surface area (Å²) in [6.45, 7) is 0. The molecule has 3 aromatic rings. The summed E-state index contributed by atoms with van der Waals surface area (Å²) in [5, 5.41) is 3.42. The number of hydrogen-bond donors (Lipinski definition) is 1. The number of ether oxygens (including phenoxy) is 1. The van der Waals surface area contributed by atoms with Crippen LogP contribution in [-0.2, 0) is 4.79 Å². The van der Waals surface area contributed by atoms with Gasteiger partial charge in [0.25, 0.3) is 0 Å². The van der Waals surface area contributed by atoms with Crippen molar-refractivity contribution in [3.63, 3.8) is 0 Å².